The van der Waals surface area contributed by atoms with Gasteiger partial charge in [-0.1, -0.05) is 6.92 Å². The fourth-order valence-corrected chi connectivity index (χ4v) is 2.63. The zero-order chi connectivity index (χ0) is 11.1. The second kappa shape index (κ2) is 3.99. The molecule has 88 valence electrons. The lowest BCUT2D eigenvalue weighted by Crippen LogP contribution is -2.77. The second-order valence-electron chi connectivity index (χ2n) is 4.26. The van der Waals surface area contributed by atoms with Crippen LogP contribution in [0.4, 0.5) is 0 Å². The maximum Gasteiger partial charge on any atom is 0.197 e. The third-order valence-electron chi connectivity index (χ3n) is 3.45. The average molecular weight is 217 g/mol. The number of methoxy groups -OCH3 is 1. The SMILES string of the molecule is CCC1C2OC1(CO)OC(COC)C2N. The molecule has 0 aromatic carbocycles. The largest absolute Gasteiger partial charge is 0.391 e. The molecule has 2 bridgehead atoms. The van der Waals surface area contributed by atoms with E-state index in [-0.39, 0.29) is 30.8 Å². The third kappa shape index (κ3) is 1.50. The van der Waals surface area contributed by atoms with E-state index in [9.17, 15) is 5.11 Å². The Morgan fingerprint density at radius 1 is 1.47 bits per heavy atom. The van der Waals surface area contributed by atoms with Crippen LogP contribution in [0.15, 0.2) is 0 Å². The number of fused-ring (bicyclic) bond motifs is 2. The molecule has 15 heavy (non-hydrogen) atoms. The summed E-state index contributed by atoms with van der Waals surface area (Å²) in [6.45, 7) is 2.38. The molecule has 3 saturated heterocycles. The van der Waals surface area contributed by atoms with Crippen LogP contribution in [0.1, 0.15) is 13.3 Å². The third-order valence-corrected chi connectivity index (χ3v) is 3.45. The molecule has 3 aliphatic heterocycles. The van der Waals surface area contributed by atoms with E-state index < -0.39 is 5.79 Å². The molecule has 0 saturated carbocycles. The van der Waals surface area contributed by atoms with E-state index in [1.54, 1.807) is 7.11 Å². The minimum Gasteiger partial charge on any atom is -0.391 e. The molecule has 5 unspecified atom stereocenters. The van der Waals surface area contributed by atoms with Crippen LogP contribution in [0, 0.1) is 5.92 Å². The van der Waals surface area contributed by atoms with Crippen molar-refractivity contribution in [1.29, 1.82) is 0 Å². The summed E-state index contributed by atoms with van der Waals surface area (Å²) in [5.41, 5.74) is 6.01. The van der Waals surface area contributed by atoms with Crippen molar-refractivity contribution >= 4 is 0 Å². The van der Waals surface area contributed by atoms with Crippen molar-refractivity contribution in [3.8, 4) is 0 Å². The highest BCUT2D eigenvalue weighted by Crippen LogP contribution is 2.48. The minimum atomic E-state index is -0.821. The lowest BCUT2D eigenvalue weighted by molar-refractivity contribution is -0.449. The van der Waals surface area contributed by atoms with Crippen molar-refractivity contribution in [2.75, 3.05) is 20.3 Å². The maximum absolute atomic E-state index is 9.33. The molecule has 0 aromatic rings. The van der Waals surface area contributed by atoms with Crippen LogP contribution in [-0.4, -0.2) is 49.5 Å². The maximum atomic E-state index is 9.33. The van der Waals surface area contributed by atoms with Crippen LogP contribution in [-0.2, 0) is 14.2 Å². The summed E-state index contributed by atoms with van der Waals surface area (Å²) in [6.07, 6.45) is 0.721. The Morgan fingerprint density at radius 2 is 2.20 bits per heavy atom. The smallest absolute Gasteiger partial charge is 0.197 e. The monoisotopic (exact) mass is 217 g/mol. The first kappa shape index (κ1) is 11.3. The standard InChI is InChI=1S/C10H19NO4/c1-3-6-9-8(11)7(4-13-2)14-10(6,5-12)15-9/h6-9,12H,3-5,11H2,1-2H3. The Morgan fingerprint density at radius 3 is 2.73 bits per heavy atom. The summed E-state index contributed by atoms with van der Waals surface area (Å²) < 4.78 is 16.3. The second-order valence-corrected chi connectivity index (χ2v) is 4.26. The summed E-state index contributed by atoms with van der Waals surface area (Å²) in [7, 11) is 1.61. The van der Waals surface area contributed by atoms with Crippen molar-refractivity contribution in [2.45, 2.75) is 37.4 Å². The number of nitrogens with two attached hydrogens (primary N) is 1. The molecule has 0 radical (unpaired) electrons. The van der Waals surface area contributed by atoms with E-state index in [1.807, 2.05) is 0 Å². The molecular weight excluding hydrogens is 198 g/mol. The van der Waals surface area contributed by atoms with Crippen LogP contribution in [0.25, 0.3) is 0 Å². The molecule has 5 nitrogen and oxygen atoms in total. The highest BCUT2D eigenvalue weighted by atomic mass is 16.8. The average Bonchev–Trinajstić information content (AvgIpc) is 2.21. The lowest BCUT2D eigenvalue weighted by Gasteiger charge is -2.61. The highest BCUT2D eigenvalue weighted by molar-refractivity contribution is 5.06. The van der Waals surface area contributed by atoms with Crippen molar-refractivity contribution in [2.24, 2.45) is 11.7 Å². The predicted molar refractivity (Wildman–Crippen MR) is 53.2 cm³/mol. The molecule has 5 atom stereocenters. The molecular formula is C10H19NO4. The van der Waals surface area contributed by atoms with Crippen molar-refractivity contribution in [3.63, 3.8) is 0 Å². The van der Waals surface area contributed by atoms with E-state index in [2.05, 4.69) is 6.92 Å². The lowest BCUT2D eigenvalue weighted by atomic mass is 9.76. The van der Waals surface area contributed by atoms with Crippen LogP contribution in [0.5, 0.6) is 0 Å². The van der Waals surface area contributed by atoms with E-state index >= 15 is 0 Å². The Kier molecular flexibility index (Phi) is 3.00. The first-order valence-corrected chi connectivity index (χ1v) is 5.39. The van der Waals surface area contributed by atoms with E-state index in [1.165, 1.54) is 0 Å². The van der Waals surface area contributed by atoms with E-state index in [0.717, 1.165) is 6.42 Å². The topological polar surface area (TPSA) is 73.9 Å². The number of hydrogen-bond donors (Lipinski definition) is 2. The molecule has 0 aromatic heterocycles. The number of aliphatic hydroxyl groups is 1. The summed E-state index contributed by atoms with van der Waals surface area (Å²) in [6, 6.07) is -0.164. The normalized spacial score (nSPS) is 48.8. The van der Waals surface area contributed by atoms with Crippen LogP contribution >= 0.6 is 0 Å². The molecule has 3 rings (SSSR count). The van der Waals surface area contributed by atoms with Gasteiger partial charge in [0, 0.05) is 13.0 Å². The van der Waals surface area contributed by atoms with Gasteiger partial charge in [-0.3, -0.25) is 0 Å². The van der Waals surface area contributed by atoms with Gasteiger partial charge >= 0.3 is 0 Å². The fourth-order valence-electron chi connectivity index (χ4n) is 2.63. The zero-order valence-electron chi connectivity index (χ0n) is 9.18. The van der Waals surface area contributed by atoms with Gasteiger partial charge in [0.1, 0.15) is 6.10 Å². The van der Waals surface area contributed by atoms with Gasteiger partial charge < -0.3 is 25.1 Å². The molecule has 3 aliphatic rings. The quantitative estimate of drug-likeness (QED) is 0.662. The minimum absolute atomic E-state index is 0.00366. The summed E-state index contributed by atoms with van der Waals surface area (Å²) in [5.74, 6) is -0.621. The van der Waals surface area contributed by atoms with Crippen molar-refractivity contribution < 1.29 is 19.3 Å². The first-order valence-electron chi connectivity index (χ1n) is 5.39. The van der Waals surface area contributed by atoms with E-state index in [0.29, 0.717) is 6.61 Å². The van der Waals surface area contributed by atoms with Gasteiger partial charge in [0.25, 0.3) is 0 Å². The Bertz CT molecular complexity index is 235. The van der Waals surface area contributed by atoms with Gasteiger partial charge in [0.2, 0.25) is 0 Å². The van der Waals surface area contributed by atoms with Gasteiger partial charge in [0.05, 0.1) is 25.4 Å². The van der Waals surface area contributed by atoms with Gasteiger partial charge in [-0.2, -0.15) is 0 Å². The summed E-state index contributed by atoms with van der Waals surface area (Å²) in [4.78, 5) is 0. The number of hydrogen-bond acceptors (Lipinski definition) is 5. The van der Waals surface area contributed by atoms with Crippen LogP contribution in [0.3, 0.4) is 0 Å². The van der Waals surface area contributed by atoms with Gasteiger partial charge in [0.15, 0.2) is 5.79 Å². The van der Waals surface area contributed by atoms with Crippen molar-refractivity contribution in [1.82, 2.24) is 0 Å². The first-order chi connectivity index (χ1) is 7.18. The Balaban J connectivity index is 2.09. The Hall–Kier alpha value is -0.200. The predicted octanol–water partition coefficient (Wildman–Crippen LogP) is -0.527. The summed E-state index contributed by atoms with van der Waals surface area (Å²) >= 11 is 0. The van der Waals surface area contributed by atoms with Gasteiger partial charge in [-0.15, -0.1) is 0 Å². The highest BCUT2D eigenvalue weighted by Gasteiger charge is 2.63. The molecule has 0 amide bonds. The van der Waals surface area contributed by atoms with E-state index in [4.69, 9.17) is 19.9 Å². The van der Waals surface area contributed by atoms with Gasteiger partial charge in [-0.05, 0) is 6.42 Å². The molecule has 0 spiro atoms. The molecule has 5 heteroatoms. The number of aliphatic hydroxyl groups excluding tert-OH is 1. The number of rotatable bonds is 4. The van der Waals surface area contributed by atoms with Crippen LogP contribution in [0.2, 0.25) is 0 Å². The molecule has 3 N–H and O–H groups in total. The van der Waals surface area contributed by atoms with Crippen LogP contribution < -0.4 is 5.73 Å². The number of ether oxygens (including phenoxy) is 3. The van der Waals surface area contributed by atoms with Crippen molar-refractivity contribution in [3.05, 3.63) is 0 Å². The summed E-state index contributed by atoms with van der Waals surface area (Å²) in [5, 5.41) is 9.33. The van der Waals surface area contributed by atoms with Gasteiger partial charge in [-0.25, -0.2) is 0 Å². The molecule has 0 aliphatic carbocycles. The Labute approximate surface area is 89.5 Å². The zero-order valence-corrected chi connectivity index (χ0v) is 9.18. The fraction of sp³-hybridized carbons (Fsp3) is 1.00. The molecule has 3 heterocycles. The molecule has 3 fully saturated rings.